The highest BCUT2D eigenvalue weighted by Crippen LogP contribution is 1.95. The van der Waals surface area contributed by atoms with Crippen molar-refractivity contribution in [3.63, 3.8) is 0 Å². The number of hydrogen-bond acceptors (Lipinski definition) is 5. The quantitative estimate of drug-likeness (QED) is 0.360. The van der Waals surface area contributed by atoms with Gasteiger partial charge in [-0.25, -0.2) is 4.79 Å². The summed E-state index contributed by atoms with van der Waals surface area (Å²) < 4.78 is 27.1. The number of rotatable bonds is 5. The van der Waals surface area contributed by atoms with E-state index >= 15 is 0 Å². The van der Waals surface area contributed by atoms with Crippen LogP contribution in [0, 0.1) is 0 Å². The molecule has 0 aromatic carbocycles. The Morgan fingerprint density at radius 3 is 1.69 bits per heavy atom. The molecule has 0 unspecified atom stereocenters. The molecule has 0 spiro atoms. The standard InChI is InChI=1S/C5H6O4.C2H6O4S/c1-3(5(8)9)2-4(6)7;3-1-2-7(4,5)6/h1-2H2,(H,6,7)(H,8,9);3H,1-2H2,(H,4,5,6). The van der Waals surface area contributed by atoms with Gasteiger partial charge < -0.3 is 15.3 Å². The molecule has 0 bridgehead atoms. The summed E-state index contributed by atoms with van der Waals surface area (Å²) in [6, 6.07) is 0. The van der Waals surface area contributed by atoms with Gasteiger partial charge in [-0.3, -0.25) is 9.35 Å². The minimum Gasteiger partial charge on any atom is -0.481 e. The van der Waals surface area contributed by atoms with Crippen LogP contribution in [0.15, 0.2) is 12.2 Å². The fourth-order valence-electron chi connectivity index (χ4n) is 0.374. The molecule has 0 aromatic rings. The van der Waals surface area contributed by atoms with Gasteiger partial charge in [-0.1, -0.05) is 6.58 Å². The van der Waals surface area contributed by atoms with Crippen LogP contribution in [0.3, 0.4) is 0 Å². The number of carboxylic acids is 2. The lowest BCUT2D eigenvalue weighted by molar-refractivity contribution is -0.139. The van der Waals surface area contributed by atoms with Gasteiger partial charge in [-0.15, -0.1) is 0 Å². The molecule has 8 nitrogen and oxygen atoms in total. The maximum atomic E-state index is 9.87. The Balaban J connectivity index is 0. The smallest absolute Gasteiger partial charge is 0.331 e. The molecule has 94 valence electrons. The van der Waals surface area contributed by atoms with Crippen LogP contribution >= 0.6 is 0 Å². The lowest BCUT2D eigenvalue weighted by Gasteiger charge is -1.91. The Kier molecular flexibility index (Phi) is 8.26. The molecule has 0 rings (SSSR count). The highest BCUT2D eigenvalue weighted by Gasteiger charge is 2.07. The molecule has 16 heavy (non-hydrogen) atoms. The van der Waals surface area contributed by atoms with E-state index in [4.69, 9.17) is 19.9 Å². The minimum absolute atomic E-state index is 0.303. The molecule has 4 N–H and O–H groups in total. The van der Waals surface area contributed by atoms with Crippen LogP contribution in [-0.2, 0) is 19.7 Å². The molecule has 0 aliphatic heterocycles. The van der Waals surface area contributed by atoms with Crippen molar-refractivity contribution in [2.24, 2.45) is 0 Å². The molecule has 0 saturated heterocycles. The van der Waals surface area contributed by atoms with Gasteiger partial charge in [0.05, 0.1) is 18.8 Å². The zero-order chi connectivity index (χ0) is 13.4. The highest BCUT2D eigenvalue weighted by molar-refractivity contribution is 7.85. The Bertz CT molecular complexity index is 355. The monoisotopic (exact) mass is 256 g/mol. The Morgan fingerprint density at radius 1 is 1.19 bits per heavy atom. The van der Waals surface area contributed by atoms with Crippen molar-refractivity contribution in [3.8, 4) is 0 Å². The van der Waals surface area contributed by atoms with E-state index in [2.05, 4.69) is 6.58 Å². The van der Waals surface area contributed by atoms with E-state index in [1.165, 1.54) is 0 Å². The summed E-state index contributed by atoms with van der Waals surface area (Å²) in [4.78, 5) is 19.7. The molecule has 0 aliphatic carbocycles. The first-order valence-electron chi connectivity index (χ1n) is 3.79. The van der Waals surface area contributed by atoms with Crippen LogP contribution in [0.1, 0.15) is 6.42 Å². The predicted octanol–water partition coefficient (Wildman–Crippen LogP) is -1.03. The average molecular weight is 256 g/mol. The second-order valence-electron chi connectivity index (χ2n) is 2.49. The van der Waals surface area contributed by atoms with Crippen LogP contribution in [0.2, 0.25) is 0 Å². The number of hydrogen-bond donors (Lipinski definition) is 4. The van der Waals surface area contributed by atoms with Crippen LogP contribution in [-0.4, -0.2) is 52.6 Å². The van der Waals surface area contributed by atoms with Gasteiger partial charge in [0.2, 0.25) is 0 Å². The number of carboxylic acid groups (broad SMARTS) is 2. The van der Waals surface area contributed by atoms with Crippen molar-refractivity contribution in [1.82, 2.24) is 0 Å². The zero-order valence-corrected chi connectivity index (χ0v) is 8.98. The largest absolute Gasteiger partial charge is 0.481 e. The number of aliphatic carboxylic acids is 2. The first-order chi connectivity index (χ1) is 7.10. The summed E-state index contributed by atoms with van der Waals surface area (Å²) in [5.41, 5.74) is -0.303. The molecule has 0 amide bonds. The third-order valence-corrected chi connectivity index (χ3v) is 1.71. The summed E-state index contributed by atoms with van der Waals surface area (Å²) in [5.74, 6) is -3.02. The second-order valence-corrected chi connectivity index (χ2v) is 4.06. The lowest BCUT2D eigenvalue weighted by atomic mass is 10.2. The summed E-state index contributed by atoms with van der Waals surface area (Å²) in [7, 11) is -3.92. The molecule has 0 aliphatic rings. The number of carbonyl (C=O) groups is 2. The van der Waals surface area contributed by atoms with E-state index in [9.17, 15) is 18.0 Å². The maximum absolute atomic E-state index is 9.87. The van der Waals surface area contributed by atoms with Crippen molar-refractivity contribution in [1.29, 1.82) is 0 Å². The predicted molar refractivity (Wildman–Crippen MR) is 52.5 cm³/mol. The van der Waals surface area contributed by atoms with Crippen LogP contribution in [0.25, 0.3) is 0 Å². The topological polar surface area (TPSA) is 149 Å². The molecular weight excluding hydrogens is 244 g/mol. The van der Waals surface area contributed by atoms with Crippen molar-refractivity contribution in [3.05, 3.63) is 12.2 Å². The molecule has 0 saturated carbocycles. The summed E-state index contributed by atoms with van der Waals surface area (Å²) in [6.07, 6.45) is -0.505. The van der Waals surface area contributed by atoms with Gasteiger partial charge >= 0.3 is 11.9 Å². The van der Waals surface area contributed by atoms with E-state index in [0.717, 1.165) is 0 Å². The average Bonchev–Trinajstić information content (AvgIpc) is 2.01. The number of aliphatic hydroxyl groups is 1. The van der Waals surface area contributed by atoms with Crippen LogP contribution < -0.4 is 0 Å². The lowest BCUT2D eigenvalue weighted by Crippen LogP contribution is -2.06. The van der Waals surface area contributed by atoms with E-state index in [1.807, 2.05) is 0 Å². The summed E-state index contributed by atoms with van der Waals surface area (Å²) in [5, 5.41) is 23.9. The summed E-state index contributed by atoms with van der Waals surface area (Å²) >= 11 is 0. The molecule has 0 fully saturated rings. The normalized spacial score (nSPS) is 9.88. The van der Waals surface area contributed by atoms with E-state index < -0.39 is 40.8 Å². The fourth-order valence-corrected chi connectivity index (χ4v) is 0.604. The van der Waals surface area contributed by atoms with Crippen molar-refractivity contribution in [2.75, 3.05) is 12.4 Å². The molecular formula is C7H12O8S. The zero-order valence-electron chi connectivity index (χ0n) is 8.16. The summed E-state index contributed by atoms with van der Waals surface area (Å²) in [6.45, 7) is 2.49. The Hall–Kier alpha value is -1.45. The first kappa shape index (κ1) is 17.0. The third kappa shape index (κ3) is 15.0. The third-order valence-electron chi connectivity index (χ3n) is 1.02. The SMILES string of the molecule is C=C(CC(=O)O)C(=O)O.O=S(=O)(O)CCO. The van der Waals surface area contributed by atoms with Gasteiger partial charge in [-0.05, 0) is 0 Å². The van der Waals surface area contributed by atoms with Gasteiger partial charge in [-0.2, -0.15) is 8.42 Å². The minimum atomic E-state index is -3.92. The van der Waals surface area contributed by atoms with Gasteiger partial charge in [0.15, 0.2) is 0 Å². The van der Waals surface area contributed by atoms with Crippen molar-refractivity contribution in [2.45, 2.75) is 6.42 Å². The fraction of sp³-hybridized carbons (Fsp3) is 0.429. The first-order valence-corrected chi connectivity index (χ1v) is 5.40. The van der Waals surface area contributed by atoms with E-state index in [0.29, 0.717) is 0 Å². The Morgan fingerprint density at radius 2 is 1.62 bits per heavy atom. The van der Waals surface area contributed by atoms with Crippen molar-refractivity contribution < 1.29 is 37.9 Å². The van der Waals surface area contributed by atoms with Gasteiger partial charge in [0.25, 0.3) is 10.1 Å². The van der Waals surface area contributed by atoms with Gasteiger partial charge in [0.1, 0.15) is 0 Å². The Labute approximate surface area is 91.6 Å². The number of aliphatic hydroxyl groups excluding tert-OH is 1. The molecule has 0 atom stereocenters. The van der Waals surface area contributed by atoms with Crippen LogP contribution in [0.4, 0.5) is 0 Å². The molecule has 0 heterocycles. The van der Waals surface area contributed by atoms with Crippen molar-refractivity contribution >= 4 is 22.1 Å². The molecule has 0 aromatic heterocycles. The second kappa shape index (κ2) is 7.79. The molecule has 9 heteroatoms. The van der Waals surface area contributed by atoms with Crippen LogP contribution in [0.5, 0.6) is 0 Å². The van der Waals surface area contributed by atoms with E-state index in [1.54, 1.807) is 0 Å². The highest BCUT2D eigenvalue weighted by atomic mass is 32.2. The maximum Gasteiger partial charge on any atom is 0.331 e. The van der Waals surface area contributed by atoms with E-state index in [-0.39, 0.29) is 5.57 Å². The molecule has 0 radical (unpaired) electrons. The van der Waals surface area contributed by atoms with Gasteiger partial charge in [0, 0.05) is 5.57 Å².